The lowest BCUT2D eigenvalue weighted by Gasteiger charge is -2.20. The first-order chi connectivity index (χ1) is 16.6. The maximum absolute atomic E-state index is 13.8. The Labute approximate surface area is 206 Å². The summed E-state index contributed by atoms with van der Waals surface area (Å²) in [4.78, 5) is 35.1. The number of aromatic nitrogens is 2. The van der Waals surface area contributed by atoms with Gasteiger partial charge in [0.05, 0.1) is 41.8 Å². The molecule has 1 aliphatic carbocycles. The Balaban J connectivity index is 1.72. The van der Waals surface area contributed by atoms with Crippen molar-refractivity contribution >= 4 is 39.2 Å². The minimum Gasteiger partial charge on any atom is -0.340 e. The second-order valence-electron chi connectivity index (χ2n) is 8.10. The van der Waals surface area contributed by atoms with Gasteiger partial charge in [-0.3, -0.25) is 14.2 Å². The van der Waals surface area contributed by atoms with Crippen LogP contribution in [0.3, 0.4) is 0 Å². The maximum atomic E-state index is 13.8. The number of hydrogen-bond donors (Lipinski definition) is 0. The Kier molecular flexibility index (Phi) is 7.99. The van der Waals surface area contributed by atoms with Crippen LogP contribution in [-0.2, 0) is 17.6 Å². The van der Waals surface area contributed by atoms with Crippen molar-refractivity contribution in [2.75, 3.05) is 18.8 Å². The Hall–Kier alpha value is -3.14. The third-order valence-corrected chi connectivity index (χ3v) is 8.00. The molecule has 7 nitrogen and oxygen atoms in total. The molecule has 34 heavy (non-hydrogen) atoms. The fourth-order valence-corrected chi connectivity index (χ4v) is 6.43. The van der Waals surface area contributed by atoms with E-state index in [1.54, 1.807) is 15.9 Å². The average molecular weight is 492 g/mol. The van der Waals surface area contributed by atoms with Gasteiger partial charge in [-0.2, -0.15) is 10.5 Å². The highest BCUT2D eigenvalue weighted by atomic mass is 32.2. The second kappa shape index (κ2) is 11.3. The molecule has 0 saturated carbocycles. The van der Waals surface area contributed by atoms with E-state index in [1.165, 1.54) is 28.0 Å². The molecule has 1 aliphatic rings. The first-order valence-corrected chi connectivity index (χ1v) is 13.2. The smallest absolute Gasteiger partial charge is 0.267 e. The number of fused-ring (bicyclic) bond motifs is 3. The van der Waals surface area contributed by atoms with E-state index in [0.29, 0.717) is 10.5 Å². The van der Waals surface area contributed by atoms with Gasteiger partial charge in [-0.25, -0.2) is 4.98 Å². The van der Waals surface area contributed by atoms with Crippen LogP contribution in [0.2, 0.25) is 0 Å². The van der Waals surface area contributed by atoms with Gasteiger partial charge in [-0.15, -0.1) is 11.3 Å². The highest BCUT2D eigenvalue weighted by Crippen LogP contribution is 2.34. The number of nitrogens with zero attached hydrogens (tertiary/aromatic N) is 5. The molecule has 0 bridgehead atoms. The number of thioether (sulfide) groups is 1. The second-order valence-corrected chi connectivity index (χ2v) is 10.1. The predicted octanol–water partition coefficient (Wildman–Crippen LogP) is 4.46. The van der Waals surface area contributed by atoms with Crippen molar-refractivity contribution < 1.29 is 4.79 Å². The first kappa shape index (κ1) is 24.0. The van der Waals surface area contributed by atoms with Gasteiger partial charge >= 0.3 is 0 Å². The van der Waals surface area contributed by atoms with Gasteiger partial charge in [0, 0.05) is 18.0 Å². The highest BCUT2D eigenvalue weighted by molar-refractivity contribution is 7.99. The molecular weight excluding hydrogens is 466 g/mol. The predicted molar refractivity (Wildman–Crippen MR) is 134 cm³/mol. The van der Waals surface area contributed by atoms with E-state index in [2.05, 4.69) is 0 Å². The summed E-state index contributed by atoms with van der Waals surface area (Å²) in [6, 6.07) is 13.5. The summed E-state index contributed by atoms with van der Waals surface area (Å²) < 4.78 is 1.62. The van der Waals surface area contributed by atoms with Gasteiger partial charge in [0.15, 0.2) is 5.16 Å². The molecule has 1 aromatic carbocycles. The van der Waals surface area contributed by atoms with E-state index in [-0.39, 0.29) is 43.2 Å². The van der Waals surface area contributed by atoms with Crippen molar-refractivity contribution in [3.05, 3.63) is 51.1 Å². The van der Waals surface area contributed by atoms with Crippen LogP contribution in [0, 0.1) is 22.7 Å². The quantitative estimate of drug-likeness (QED) is 0.262. The molecule has 0 saturated heterocycles. The number of nitriles is 2. The number of para-hydroxylation sites is 1. The third kappa shape index (κ3) is 5.16. The summed E-state index contributed by atoms with van der Waals surface area (Å²) in [5, 5.41) is 19.0. The summed E-state index contributed by atoms with van der Waals surface area (Å²) in [5.74, 6) is -0.0985. The Morgan fingerprint density at radius 2 is 1.79 bits per heavy atom. The zero-order valence-corrected chi connectivity index (χ0v) is 20.5. The van der Waals surface area contributed by atoms with Crippen molar-refractivity contribution in [2.24, 2.45) is 0 Å². The molecule has 9 heteroatoms. The van der Waals surface area contributed by atoms with Crippen LogP contribution in [0.1, 0.15) is 42.5 Å². The molecule has 0 unspecified atom stereocenters. The monoisotopic (exact) mass is 491 g/mol. The van der Waals surface area contributed by atoms with Crippen molar-refractivity contribution in [2.45, 2.75) is 50.1 Å². The van der Waals surface area contributed by atoms with Gasteiger partial charge in [0.25, 0.3) is 5.56 Å². The van der Waals surface area contributed by atoms with Gasteiger partial charge in [-0.1, -0.05) is 36.4 Å². The summed E-state index contributed by atoms with van der Waals surface area (Å²) in [7, 11) is 0. The van der Waals surface area contributed by atoms with Crippen molar-refractivity contribution in [3.8, 4) is 17.8 Å². The molecule has 2 aromatic heterocycles. The number of aryl methyl sites for hydroxylation is 2. The standard InChI is InChI=1S/C25H25N5O2S2/c26-13-7-15-29(16-8-14-27)21(31)17-33-25-28-23-22(19-11-5-2-6-12-20(19)34-23)24(32)30(25)18-9-3-1-4-10-18/h1,3-4,9-10H,2,5-8,11-12,15-17H2. The topological polar surface area (TPSA) is 103 Å². The average Bonchev–Trinajstić information content (AvgIpc) is 3.04. The van der Waals surface area contributed by atoms with Crippen LogP contribution in [0.5, 0.6) is 0 Å². The van der Waals surface area contributed by atoms with Crippen LogP contribution in [0.25, 0.3) is 15.9 Å². The van der Waals surface area contributed by atoms with Crippen molar-refractivity contribution in [3.63, 3.8) is 0 Å². The van der Waals surface area contributed by atoms with Gasteiger partial charge in [0.1, 0.15) is 4.83 Å². The lowest BCUT2D eigenvalue weighted by molar-refractivity contribution is -0.128. The number of benzene rings is 1. The molecule has 4 rings (SSSR count). The number of carbonyl (C=O) groups excluding carboxylic acids is 1. The molecule has 0 N–H and O–H groups in total. The normalized spacial score (nSPS) is 13.0. The van der Waals surface area contributed by atoms with Crippen LogP contribution >= 0.6 is 23.1 Å². The molecule has 0 radical (unpaired) electrons. The van der Waals surface area contributed by atoms with Crippen molar-refractivity contribution in [1.29, 1.82) is 10.5 Å². The van der Waals surface area contributed by atoms with E-state index in [1.807, 2.05) is 42.5 Å². The molecule has 0 fully saturated rings. The Bertz CT molecular complexity index is 1300. The minimum atomic E-state index is -0.175. The summed E-state index contributed by atoms with van der Waals surface area (Å²) in [6.45, 7) is 0.570. The number of hydrogen-bond acceptors (Lipinski definition) is 7. The summed E-state index contributed by atoms with van der Waals surface area (Å²) >= 11 is 2.83. The molecular formula is C25H25N5O2S2. The Morgan fingerprint density at radius 1 is 1.09 bits per heavy atom. The fraction of sp³-hybridized carbons (Fsp3) is 0.400. The van der Waals surface area contributed by atoms with Crippen LogP contribution in [-0.4, -0.2) is 39.2 Å². The minimum absolute atomic E-state index is 0.0761. The molecule has 174 valence electrons. The van der Waals surface area contributed by atoms with Gasteiger partial charge in [-0.05, 0) is 43.4 Å². The lowest BCUT2D eigenvalue weighted by Crippen LogP contribution is -2.34. The summed E-state index contributed by atoms with van der Waals surface area (Å²) in [5.41, 5.74) is 1.78. The van der Waals surface area contributed by atoms with Crippen LogP contribution < -0.4 is 5.56 Å². The first-order valence-electron chi connectivity index (χ1n) is 11.4. The highest BCUT2D eigenvalue weighted by Gasteiger charge is 2.23. The molecule has 0 spiro atoms. The number of carbonyl (C=O) groups is 1. The van der Waals surface area contributed by atoms with Crippen LogP contribution in [0.4, 0.5) is 0 Å². The van der Waals surface area contributed by atoms with E-state index >= 15 is 0 Å². The van der Waals surface area contributed by atoms with E-state index in [4.69, 9.17) is 15.5 Å². The number of amides is 1. The maximum Gasteiger partial charge on any atom is 0.267 e. The molecule has 0 aliphatic heterocycles. The number of thiophene rings is 1. The molecule has 0 atom stereocenters. The third-order valence-electron chi connectivity index (χ3n) is 5.89. The fourth-order valence-electron chi connectivity index (χ4n) is 4.21. The van der Waals surface area contributed by atoms with Gasteiger partial charge in [0.2, 0.25) is 5.91 Å². The zero-order chi connectivity index (χ0) is 23.9. The zero-order valence-electron chi connectivity index (χ0n) is 18.8. The lowest BCUT2D eigenvalue weighted by atomic mass is 10.1. The summed E-state index contributed by atoms with van der Waals surface area (Å²) in [6.07, 6.45) is 5.68. The molecule has 3 aromatic rings. The van der Waals surface area contributed by atoms with Crippen LogP contribution in [0.15, 0.2) is 40.3 Å². The molecule has 1 amide bonds. The largest absolute Gasteiger partial charge is 0.340 e. The van der Waals surface area contributed by atoms with E-state index in [0.717, 1.165) is 41.8 Å². The Morgan fingerprint density at radius 3 is 2.50 bits per heavy atom. The SMILES string of the molecule is N#CCCN(CCC#N)C(=O)CSc1nc2sc3c(c2c(=O)n1-c1ccccc1)CCCCC3. The van der Waals surface area contributed by atoms with E-state index in [9.17, 15) is 9.59 Å². The van der Waals surface area contributed by atoms with E-state index < -0.39 is 0 Å². The van der Waals surface area contributed by atoms with Gasteiger partial charge < -0.3 is 4.90 Å². The molecule has 2 heterocycles. The number of rotatable bonds is 8. The van der Waals surface area contributed by atoms with Crippen molar-refractivity contribution in [1.82, 2.24) is 14.5 Å².